The lowest BCUT2D eigenvalue weighted by atomic mass is 10.3. The zero-order valence-corrected chi connectivity index (χ0v) is 14.1. The van der Waals surface area contributed by atoms with Gasteiger partial charge in [0.05, 0.1) is 5.52 Å². The summed E-state index contributed by atoms with van der Waals surface area (Å²) in [4.78, 5) is 19.0. The molecule has 0 radical (unpaired) electrons. The Morgan fingerprint density at radius 3 is 2.00 bits per heavy atom. The first kappa shape index (κ1) is 17.3. The predicted molar refractivity (Wildman–Crippen MR) is 96.6 cm³/mol. The van der Waals surface area contributed by atoms with E-state index < -0.39 is 0 Å². The number of hydrogen-bond acceptors (Lipinski definition) is 4. The number of rotatable bonds is 0. The third kappa shape index (κ3) is 5.96. The Balaban J connectivity index is 0.000000134. The Hall–Kier alpha value is -3.08. The number of imidazole rings is 1. The van der Waals surface area contributed by atoms with Gasteiger partial charge in [0, 0.05) is 31.0 Å². The van der Waals surface area contributed by atoms with Crippen LogP contribution in [0, 0.1) is 20.8 Å². The van der Waals surface area contributed by atoms with E-state index in [1.807, 2.05) is 63.4 Å². The van der Waals surface area contributed by atoms with Gasteiger partial charge in [-0.1, -0.05) is 6.07 Å². The monoisotopic (exact) mass is 319 g/mol. The van der Waals surface area contributed by atoms with E-state index in [0.717, 1.165) is 17.0 Å². The number of pyridine rings is 3. The van der Waals surface area contributed by atoms with Crippen LogP contribution in [0.3, 0.4) is 0 Å². The quantitative estimate of drug-likeness (QED) is 0.531. The highest BCUT2D eigenvalue weighted by molar-refractivity contribution is 5.69. The van der Waals surface area contributed by atoms with E-state index in [1.54, 1.807) is 24.8 Å². The smallest absolute Gasteiger partial charge is 0.177 e. The van der Waals surface area contributed by atoms with Gasteiger partial charge in [-0.3, -0.25) is 9.97 Å². The van der Waals surface area contributed by atoms with E-state index in [1.165, 1.54) is 11.1 Å². The van der Waals surface area contributed by atoms with Crippen LogP contribution in [0.25, 0.3) is 11.2 Å². The van der Waals surface area contributed by atoms with E-state index in [9.17, 15) is 0 Å². The number of nitrogens with one attached hydrogen (secondary N) is 1. The van der Waals surface area contributed by atoms with Crippen LogP contribution in [-0.2, 0) is 0 Å². The molecule has 0 unspecified atom stereocenters. The summed E-state index contributed by atoms with van der Waals surface area (Å²) >= 11 is 0. The van der Waals surface area contributed by atoms with Crippen LogP contribution >= 0.6 is 0 Å². The third-order valence-electron chi connectivity index (χ3n) is 3.03. The maximum absolute atomic E-state index is 4.15. The molecule has 0 saturated carbocycles. The minimum atomic E-state index is 0.792. The second-order valence-electron chi connectivity index (χ2n) is 5.25. The number of fused-ring (bicyclic) bond motifs is 1. The van der Waals surface area contributed by atoms with Gasteiger partial charge in [0.25, 0.3) is 0 Å². The fourth-order valence-corrected chi connectivity index (χ4v) is 1.84. The number of nitrogens with zero attached hydrogens (tertiary/aromatic N) is 4. The molecular weight excluding hydrogens is 298 g/mol. The van der Waals surface area contributed by atoms with Crippen molar-refractivity contribution in [3.63, 3.8) is 0 Å². The molecule has 0 saturated heterocycles. The Bertz CT molecular complexity index is 771. The van der Waals surface area contributed by atoms with Crippen LogP contribution < -0.4 is 0 Å². The van der Waals surface area contributed by atoms with E-state index in [2.05, 4.69) is 24.9 Å². The Kier molecular flexibility index (Phi) is 6.58. The number of aromatic nitrogens is 5. The summed E-state index contributed by atoms with van der Waals surface area (Å²) < 4.78 is 0. The molecule has 0 aliphatic heterocycles. The van der Waals surface area contributed by atoms with Crippen molar-refractivity contribution < 1.29 is 0 Å². The van der Waals surface area contributed by atoms with Gasteiger partial charge in [0.15, 0.2) is 5.65 Å². The Morgan fingerprint density at radius 1 is 0.750 bits per heavy atom. The molecule has 4 rings (SSSR count). The number of aryl methyl sites for hydroxylation is 3. The largest absolute Gasteiger partial charge is 0.341 e. The topological polar surface area (TPSA) is 67.3 Å². The molecule has 0 amide bonds. The first-order valence-corrected chi connectivity index (χ1v) is 7.66. The highest BCUT2D eigenvalue weighted by Crippen LogP contribution is 2.05. The zero-order valence-electron chi connectivity index (χ0n) is 14.1. The fourth-order valence-electron chi connectivity index (χ4n) is 1.84. The molecule has 0 spiro atoms. The zero-order chi connectivity index (χ0) is 17.2. The molecule has 1 N–H and O–H groups in total. The Labute approximate surface area is 141 Å². The van der Waals surface area contributed by atoms with E-state index in [-0.39, 0.29) is 0 Å². The van der Waals surface area contributed by atoms with Gasteiger partial charge in [0.2, 0.25) is 0 Å². The molecule has 4 aromatic heterocycles. The first-order valence-electron chi connectivity index (χ1n) is 7.66. The van der Waals surface area contributed by atoms with Gasteiger partial charge in [-0.05, 0) is 62.2 Å². The summed E-state index contributed by atoms with van der Waals surface area (Å²) in [6.45, 7) is 5.98. The van der Waals surface area contributed by atoms with Crippen molar-refractivity contribution in [2.24, 2.45) is 0 Å². The fraction of sp³-hybridized carbons (Fsp3) is 0.158. The number of aromatic amines is 1. The van der Waals surface area contributed by atoms with Crippen LogP contribution in [-0.4, -0.2) is 24.9 Å². The second kappa shape index (κ2) is 9.15. The molecule has 24 heavy (non-hydrogen) atoms. The minimum absolute atomic E-state index is 0.792. The maximum Gasteiger partial charge on any atom is 0.177 e. The molecule has 5 nitrogen and oxygen atoms in total. The highest BCUT2D eigenvalue weighted by Gasteiger charge is 1.95. The highest BCUT2D eigenvalue weighted by atomic mass is 15.0. The average molecular weight is 319 g/mol. The second-order valence-corrected chi connectivity index (χ2v) is 5.25. The normalized spacial score (nSPS) is 9.46. The van der Waals surface area contributed by atoms with Crippen molar-refractivity contribution in [3.05, 3.63) is 84.3 Å². The van der Waals surface area contributed by atoms with Crippen LogP contribution in [0.1, 0.15) is 17.0 Å². The molecule has 122 valence electrons. The van der Waals surface area contributed by atoms with Gasteiger partial charge in [-0.15, -0.1) is 0 Å². The maximum atomic E-state index is 4.15. The standard InChI is InChI=1S/C7H7N3.2C6H7N/c1-5-9-6-3-2-4-8-7(6)10-5;1-6-2-4-7-5-3-6;1-6-3-2-4-7-5-6/h2-4H,1H3,(H,8,9,10);2*2-5H,1H3. The van der Waals surface area contributed by atoms with Crippen molar-refractivity contribution in [1.82, 2.24) is 24.9 Å². The molecule has 4 heterocycles. The van der Waals surface area contributed by atoms with Crippen molar-refractivity contribution in [2.45, 2.75) is 20.8 Å². The van der Waals surface area contributed by atoms with Crippen molar-refractivity contribution in [2.75, 3.05) is 0 Å². The molecule has 0 aromatic carbocycles. The van der Waals surface area contributed by atoms with Gasteiger partial charge in [-0.2, -0.15) is 0 Å². The van der Waals surface area contributed by atoms with Crippen LogP contribution in [0.5, 0.6) is 0 Å². The number of H-pyrrole nitrogens is 1. The SMILES string of the molecule is Cc1cccnc1.Cc1ccncc1.Cc1nc2ncccc2[nH]1. The average Bonchev–Trinajstić information content (AvgIpc) is 2.97. The molecule has 0 bridgehead atoms. The minimum Gasteiger partial charge on any atom is -0.341 e. The lowest BCUT2D eigenvalue weighted by Crippen LogP contribution is -1.72. The van der Waals surface area contributed by atoms with E-state index in [4.69, 9.17) is 0 Å². The summed E-state index contributed by atoms with van der Waals surface area (Å²) in [6, 6.07) is 11.7. The molecule has 4 aromatic rings. The number of hydrogen-bond donors (Lipinski definition) is 1. The van der Waals surface area contributed by atoms with Crippen molar-refractivity contribution >= 4 is 11.2 Å². The predicted octanol–water partition coefficient (Wildman–Crippen LogP) is 4.05. The van der Waals surface area contributed by atoms with Gasteiger partial charge in [0.1, 0.15) is 5.82 Å². The lowest BCUT2D eigenvalue weighted by molar-refractivity contribution is 1.16. The molecule has 0 fully saturated rings. The molecule has 0 aliphatic rings. The first-order chi connectivity index (χ1) is 11.6. The summed E-state index contributed by atoms with van der Waals surface area (Å²) in [7, 11) is 0. The molecule has 5 heteroatoms. The van der Waals surface area contributed by atoms with Crippen molar-refractivity contribution in [1.29, 1.82) is 0 Å². The summed E-state index contributed by atoms with van der Waals surface area (Å²) in [5.74, 6) is 0.911. The van der Waals surface area contributed by atoms with Crippen molar-refractivity contribution in [3.8, 4) is 0 Å². The van der Waals surface area contributed by atoms with Gasteiger partial charge < -0.3 is 4.98 Å². The van der Waals surface area contributed by atoms with Gasteiger partial charge >= 0.3 is 0 Å². The Morgan fingerprint density at radius 2 is 1.50 bits per heavy atom. The lowest BCUT2D eigenvalue weighted by Gasteiger charge is -1.82. The van der Waals surface area contributed by atoms with Gasteiger partial charge in [-0.25, -0.2) is 9.97 Å². The van der Waals surface area contributed by atoms with Crippen LogP contribution in [0.2, 0.25) is 0 Å². The van der Waals surface area contributed by atoms with Crippen LogP contribution in [0.4, 0.5) is 0 Å². The van der Waals surface area contributed by atoms with E-state index >= 15 is 0 Å². The van der Waals surface area contributed by atoms with Crippen LogP contribution in [0.15, 0.2) is 67.4 Å². The van der Waals surface area contributed by atoms with E-state index in [0.29, 0.717) is 0 Å². The summed E-state index contributed by atoms with van der Waals surface area (Å²) in [6.07, 6.45) is 8.92. The third-order valence-corrected chi connectivity index (χ3v) is 3.03. The molecule has 0 atom stereocenters. The molecule has 0 aliphatic carbocycles. The molecular formula is C19H21N5. The summed E-state index contributed by atoms with van der Waals surface area (Å²) in [5, 5.41) is 0. The summed E-state index contributed by atoms with van der Waals surface area (Å²) in [5.41, 5.74) is 4.26.